The van der Waals surface area contributed by atoms with Gasteiger partial charge in [-0.3, -0.25) is 0 Å². The minimum absolute atomic E-state index is 0.361. The first kappa shape index (κ1) is 27.8. The highest BCUT2D eigenvalue weighted by Crippen LogP contribution is 2.37. The SMILES string of the molecule is COc1nc2c(cnn2COCC[Si](C)(C)C)cc1-c1cn(COCC[Si](C)(C)C)c2nc(Cl)ccc12. The zero-order chi connectivity index (χ0) is 26.8. The van der Waals surface area contributed by atoms with Crippen LogP contribution in [0.5, 0.6) is 5.88 Å². The van der Waals surface area contributed by atoms with Crippen molar-refractivity contribution < 1.29 is 14.2 Å². The summed E-state index contributed by atoms with van der Waals surface area (Å²) in [6.07, 6.45) is 3.86. The monoisotopic (exact) mass is 559 g/mol. The van der Waals surface area contributed by atoms with Crippen molar-refractivity contribution in [1.82, 2.24) is 24.3 Å². The highest BCUT2D eigenvalue weighted by Gasteiger charge is 2.20. The van der Waals surface area contributed by atoms with Gasteiger partial charge in [0.25, 0.3) is 0 Å². The Labute approximate surface area is 225 Å². The van der Waals surface area contributed by atoms with Gasteiger partial charge in [0.05, 0.1) is 13.3 Å². The van der Waals surface area contributed by atoms with E-state index in [9.17, 15) is 0 Å². The molecule has 11 heteroatoms. The Morgan fingerprint density at radius 3 is 2.19 bits per heavy atom. The molecular formula is C26H38ClN5O3Si2. The Hall–Kier alpha value is -2.25. The van der Waals surface area contributed by atoms with Gasteiger partial charge in [0.15, 0.2) is 5.65 Å². The summed E-state index contributed by atoms with van der Waals surface area (Å²) in [5.41, 5.74) is 3.32. The molecule has 200 valence electrons. The van der Waals surface area contributed by atoms with Crippen LogP contribution in [0, 0.1) is 0 Å². The molecule has 0 aliphatic rings. The van der Waals surface area contributed by atoms with E-state index in [1.54, 1.807) is 17.9 Å². The van der Waals surface area contributed by atoms with Crippen molar-refractivity contribution in [2.75, 3.05) is 20.3 Å². The number of ether oxygens (including phenoxy) is 3. The van der Waals surface area contributed by atoms with Crippen LogP contribution < -0.4 is 4.74 Å². The number of aromatic nitrogens is 5. The third-order valence-electron chi connectivity index (χ3n) is 6.19. The first-order valence-corrected chi connectivity index (χ1v) is 20.5. The van der Waals surface area contributed by atoms with Gasteiger partial charge in [-0.05, 0) is 30.3 Å². The summed E-state index contributed by atoms with van der Waals surface area (Å²) in [4.78, 5) is 9.41. The van der Waals surface area contributed by atoms with Gasteiger partial charge in [-0.25, -0.2) is 9.67 Å². The molecule has 0 unspecified atom stereocenters. The number of pyridine rings is 2. The minimum atomic E-state index is -1.17. The molecule has 4 rings (SSSR count). The molecule has 0 saturated heterocycles. The van der Waals surface area contributed by atoms with E-state index < -0.39 is 16.1 Å². The highest BCUT2D eigenvalue weighted by atomic mass is 35.5. The fourth-order valence-corrected chi connectivity index (χ4v) is 5.62. The molecule has 0 N–H and O–H groups in total. The molecule has 0 spiro atoms. The average molecular weight is 560 g/mol. The van der Waals surface area contributed by atoms with Gasteiger partial charge >= 0.3 is 0 Å². The molecular weight excluding hydrogens is 522 g/mol. The van der Waals surface area contributed by atoms with Crippen LogP contribution in [0.2, 0.25) is 56.5 Å². The van der Waals surface area contributed by atoms with Gasteiger partial charge in [0.1, 0.15) is 24.3 Å². The van der Waals surface area contributed by atoms with E-state index in [1.807, 2.05) is 23.0 Å². The summed E-state index contributed by atoms with van der Waals surface area (Å²) >= 11 is 6.27. The number of rotatable bonds is 12. The van der Waals surface area contributed by atoms with Crippen LogP contribution in [0.15, 0.2) is 30.6 Å². The molecule has 0 aromatic carbocycles. The molecule has 8 nitrogen and oxygen atoms in total. The van der Waals surface area contributed by atoms with E-state index in [4.69, 9.17) is 30.8 Å². The average Bonchev–Trinajstić information content (AvgIpc) is 3.38. The smallest absolute Gasteiger partial charge is 0.223 e. The van der Waals surface area contributed by atoms with Crippen molar-refractivity contribution >= 4 is 49.8 Å². The number of hydrogen-bond acceptors (Lipinski definition) is 6. The van der Waals surface area contributed by atoms with E-state index in [0.29, 0.717) is 24.5 Å². The van der Waals surface area contributed by atoms with Crippen LogP contribution in [0.4, 0.5) is 0 Å². The second kappa shape index (κ2) is 11.2. The van der Waals surface area contributed by atoms with Gasteiger partial charge in [0.2, 0.25) is 5.88 Å². The van der Waals surface area contributed by atoms with Crippen molar-refractivity contribution in [2.24, 2.45) is 0 Å². The molecule has 0 amide bonds. The number of halogens is 1. The summed E-state index contributed by atoms with van der Waals surface area (Å²) in [6, 6.07) is 8.06. The van der Waals surface area contributed by atoms with E-state index >= 15 is 0 Å². The van der Waals surface area contributed by atoms with Crippen LogP contribution in [0.3, 0.4) is 0 Å². The molecule has 4 aromatic rings. The number of nitrogens with zero attached hydrogens (tertiary/aromatic N) is 5. The van der Waals surface area contributed by atoms with Crippen molar-refractivity contribution in [3.8, 4) is 17.0 Å². The third kappa shape index (κ3) is 6.99. The third-order valence-corrected chi connectivity index (χ3v) is 9.80. The largest absolute Gasteiger partial charge is 0.480 e. The Balaban J connectivity index is 1.64. The lowest BCUT2D eigenvalue weighted by atomic mass is 10.1. The first-order chi connectivity index (χ1) is 17.4. The number of hydrogen-bond donors (Lipinski definition) is 0. The minimum Gasteiger partial charge on any atom is -0.480 e. The summed E-state index contributed by atoms with van der Waals surface area (Å²) in [5, 5.41) is 6.84. The predicted octanol–water partition coefficient (Wildman–Crippen LogP) is 6.73. The normalized spacial score (nSPS) is 12.6. The second-order valence-electron chi connectivity index (χ2n) is 11.8. The van der Waals surface area contributed by atoms with E-state index in [0.717, 1.165) is 58.5 Å². The lowest BCUT2D eigenvalue weighted by Crippen LogP contribution is -2.22. The second-order valence-corrected chi connectivity index (χ2v) is 23.4. The quantitative estimate of drug-likeness (QED) is 0.109. The van der Waals surface area contributed by atoms with E-state index in [-0.39, 0.29) is 0 Å². The van der Waals surface area contributed by atoms with Crippen LogP contribution in [0.1, 0.15) is 0 Å². The molecule has 4 aromatic heterocycles. The number of methoxy groups -OCH3 is 1. The van der Waals surface area contributed by atoms with E-state index in [2.05, 4.69) is 55.4 Å². The van der Waals surface area contributed by atoms with Crippen molar-refractivity contribution in [1.29, 1.82) is 0 Å². The van der Waals surface area contributed by atoms with Crippen LogP contribution in [0.25, 0.3) is 33.2 Å². The Kier molecular flexibility index (Phi) is 8.44. The Morgan fingerprint density at radius 1 is 0.865 bits per heavy atom. The molecule has 0 radical (unpaired) electrons. The van der Waals surface area contributed by atoms with Crippen LogP contribution in [-0.4, -0.2) is 60.8 Å². The molecule has 0 aliphatic heterocycles. The molecule has 0 bridgehead atoms. The zero-order valence-corrected chi connectivity index (χ0v) is 25.7. The fraction of sp³-hybridized carbons (Fsp3) is 0.500. The lowest BCUT2D eigenvalue weighted by molar-refractivity contribution is 0.0812. The molecule has 0 atom stereocenters. The maximum atomic E-state index is 6.27. The summed E-state index contributed by atoms with van der Waals surface area (Å²) < 4.78 is 21.5. The van der Waals surface area contributed by atoms with Gasteiger partial charge in [-0.2, -0.15) is 10.1 Å². The first-order valence-electron chi connectivity index (χ1n) is 12.7. The number of fused-ring (bicyclic) bond motifs is 2. The lowest BCUT2D eigenvalue weighted by Gasteiger charge is -2.15. The summed E-state index contributed by atoms with van der Waals surface area (Å²) in [7, 11) is -0.686. The zero-order valence-electron chi connectivity index (χ0n) is 23.0. The Bertz CT molecular complexity index is 1370. The van der Waals surface area contributed by atoms with Crippen molar-refractivity contribution in [3.63, 3.8) is 0 Å². The maximum absolute atomic E-state index is 6.27. The standard InChI is InChI=1S/C26H38ClN5O3Si2/c1-33-26-21(14-19-15-28-32(24(19)30-26)18-35-11-13-37(5,6)7)22-16-31(17-34-10-12-36(2,3)4)25-20(22)8-9-23(27)29-25/h8-9,14-16H,10-13,17-18H2,1-7H3. The highest BCUT2D eigenvalue weighted by molar-refractivity contribution is 6.76. The summed E-state index contributed by atoms with van der Waals surface area (Å²) in [6.45, 7) is 16.3. The molecule has 4 heterocycles. The van der Waals surface area contributed by atoms with Gasteiger partial charge < -0.3 is 18.8 Å². The maximum Gasteiger partial charge on any atom is 0.223 e. The molecule has 37 heavy (non-hydrogen) atoms. The van der Waals surface area contributed by atoms with Crippen LogP contribution in [-0.2, 0) is 22.9 Å². The van der Waals surface area contributed by atoms with Gasteiger partial charge in [-0.1, -0.05) is 50.9 Å². The van der Waals surface area contributed by atoms with Crippen molar-refractivity contribution in [3.05, 3.63) is 35.7 Å². The predicted molar refractivity (Wildman–Crippen MR) is 156 cm³/mol. The van der Waals surface area contributed by atoms with E-state index in [1.165, 1.54) is 0 Å². The van der Waals surface area contributed by atoms with Gasteiger partial charge in [0, 0.05) is 57.5 Å². The fourth-order valence-electron chi connectivity index (χ4n) is 3.96. The molecule has 0 saturated carbocycles. The van der Waals surface area contributed by atoms with Crippen LogP contribution >= 0.6 is 11.6 Å². The topological polar surface area (TPSA) is 76.2 Å². The Morgan fingerprint density at radius 2 is 1.54 bits per heavy atom. The molecule has 0 aliphatic carbocycles. The van der Waals surface area contributed by atoms with Gasteiger partial charge in [-0.15, -0.1) is 0 Å². The van der Waals surface area contributed by atoms with Crippen molar-refractivity contribution in [2.45, 2.75) is 64.8 Å². The summed E-state index contributed by atoms with van der Waals surface area (Å²) in [5.74, 6) is 0.519. The molecule has 0 fully saturated rings.